The zero-order chi connectivity index (χ0) is 17.3. The van der Waals surface area contributed by atoms with Crippen LogP contribution in [-0.2, 0) is 11.3 Å². The van der Waals surface area contributed by atoms with Gasteiger partial charge in [0.25, 0.3) is 5.91 Å². The van der Waals surface area contributed by atoms with Crippen LogP contribution in [0.15, 0.2) is 37.1 Å². The highest BCUT2D eigenvalue weighted by Gasteiger charge is 2.15. The van der Waals surface area contributed by atoms with Crippen molar-refractivity contribution >= 4 is 5.91 Å². The van der Waals surface area contributed by atoms with Crippen LogP contribution in [0.4, 0.5) is 0 Å². The molecule has 0 unspecified atom stereocenters. The maximum atomic E-state index is 12.2. The minimum Gasteiger partial charge on any atom is -0.477 e. The van der Waals surface area contributed by atoms with Gasteiger partial charge in [-0.1, -0.05) is 0 Å². The molecule has 1 aliphatic rings. The van der Waals surface area contributed by atoms with Gasteiger partial charge in [0.15, 0.2) is 0 Å². The third kappa shape index (κ3) is 5.56. The van der Waals surface area contributed by atoms with Gasteiger partial charge in [-0.05, 0) is 31.2 Å². The van der Waals surface area contributed by atoms with Crippen molar-refractivity contribution in [2.75, 3.05) is 26.4 Å². The van der Waals surface area contributed by atoms with Crippen molar-refractivity contribution in [2.24, 2.45) is 5.92 Å². The summed E-state index contributed by atoms with van der Waals surface area (Å²) in [5.74, 6) is 0.887. The maximum Gasteiger partial charge on any atom is 0.251 e. The largest absolute Gasteiger partial charge is 0.477 e. The molecule has 1 N–H and O–H groups in total. The number of hydrogen-bond donors (Lipinski definition) is 1. The van der Waals surface area contributed by atoms with Crippen LogP contribution in [0.3, 0.4) is 0 Å². The lowest BCUT2D eigenvalue weighted by Gasteiger charge is -2.21. The highest BCUT2D eigenvalue weighted by atomic mass is 16.5. The predicted octanol–water partition coefficient (Wildman–Crippen LogP) is 1.90. The van der Waals surface area contributed by atoms with E-state index in [1.54, 1.807) is 30.9 Å². The Hall–Kier alpha value is -2.41. The fourth-order valence-corrected chi connectivity index (χ4v) is 2.73. The Balaban J connectivity index is 1.42. The minimum absolute atomic E-state index is 0.107. The van der Waals surface area contributed by atoms with Crippen LogP contribution in [0.5, 0.6) is 5.88 Å². The van der Waals surface area contributed by atoms with E-state index in [4.69, 9.17) is 9.47 Å². The number of nitrogens with one attached hydrogen (secondary N) is 1. The summed E-state index contributed by atoms with van der Waals surface area (Å²) < 4.78 is 13.1. The third-order valence-corrected chi connectivity index (χ3v) is 4.24. The average Bonchev–Trinajstić information content (AvgIpc) is 3.18. The Morgan fingerprint density at radius 2 is 2.24 bits per heavy atom. The molecule has 134 valence electrons. The number of imidazole rings is 1. The molecule has 1 amide bonds. The Morgan fingerprint density at radius 3 is 3.04 bits per heavy atom. The molecule has 0 atom stereocenters. The molecule has 3 heterocycles. The van der Waals surface area contributed by atoms with Gasteiger partial charge in [0.2, 0.25) is 5.88 Å². The van der Waals surface area contributed by atoms with E-state index >= 15 is 0 Å². The molecule has 0 bridgehead atoms. The summed E-state index contributed by atoms with van der Waals surface area (Å²) in [5, 5.41) is 2.92. The molecule has 1 fully saturated rings. The standard InChI is InChI=1S/C18H24N4O3/c23-18(21-5-1-8-22-9-7-19-14-22)16-2-6-20-17(12-16)25-13-15-3-10-24-11-4-15/h2,6-7,9,12,14-15H,1,3-5,8,10-11,13H2,(H,21,23). The van der Waals surface area contributed by atoms with E-state index < -0.39 is 0 Å². The Bertz CT molecular complexity index is 654. The normalized spacial score (nSPS) is 15.0. The molecule has 1 saturated heterocycles. The summed E-state index contributed by atoms with van der Waals surface area (Å²) in [4.78, 5) is 20.4. The fraction of sp³-hybridized carbons (Fsp3) is 0.500. The quantitative estimate of drug-likeness (QED) is 0.740. The molecule has 0 saturated carbocycles. The van der Waals surface area contributed by atoms with Crippen molar-refractivity contribution in [1.29, 1.82) is 0 Å². The number of pyridine rings is 1. The van der Waals surface area contributed by atoms with Crippen LogP contribution in [0.1, 0.15) is 29.6 Å². The van der Waals surface area contributed by atoms with Crippen molar-refractivity contribution in [2.45, 2.75) is 25.8 Å². The molecule has 0 spiro atoms. The van der Waals surface area contributed by atoms with Gasteiger partial charge in [0.1, 0.15) is 0 Å². The second kappa shape index (κ2) is 9.17. The molecule has 0 aromatic carbocycles. The van der Waals surface area contributed by atoms with Crippen molar-refractivity contribution in [1.82, 2.24) is 19.9 Å². The molecule has 0 aliphatic carbocycles. The van der Waals surface area contributed by atoms with Gasteiger partial charge < -0.3 is 19.4 Å². The van der Waals surface area contributed by atoms with Crippen LogP contribution < -0.4 is 10.1 Å². The van der Waals surface area contributed by atoms with Crippen molar-refractivity contribution in [3.63, 3.8) is 0 Å². The molecular weight excluding hydrogens is 320 g/mol. The Morgan fingerprint density at radius 1 is 1.36 bits per heavy atom. The van der Waals surface area contributed by atoms with Gasteiger partial charge in [0.05, 0.1) is 12.9 Å². The summed E-state index contributed by atoms with van der Waals surface area (Å²) in [6.45, 7) is 3.64. The van der Waals surface area contributed by atoms with Crippen LogP contribution in [-0.4, -0.2) is 46.8 Å². The zero-order valence-electron chi connectivity index (χ0n) is 14.3. The monoisotopic (exact) mass is 344 g/mol. The zero-order valence-corrected chi connectivity index (χ0v) is 14.3. The first-order valence-electron chi connectivity index (χ1n) is 8.72. The summed E-state index contributed by atoms with van der Waals surface area (Å²) in [7, 11) is 0. The van der Waals surface area contributed by atoms with Gasteiger partial charge in [-0.3, -0.25) is 4.79 Å². The number of aromatic nitrogens is 3. The average molecular weight is 344 g/mol. The highest BCUT2D eigenvalue weighted by molar-refractivity contribution is 5.94. The fourth-order valence-electron chi connectivity index (χ4n) is 2.73. The lowest BCUT2D eigenvalue weighted by molar-refractivity contribution is 0.0490. The first kappa shape index (κ1) is 17.4. The van der Waals surface area contributed by atoms with Gasteiger partial charge in [-0.2, -0.15) is 0 Å². The molecule has 2 aromatic rings. The van der Waals surface area contributed by atoms with Crippen molar-refractivity contribution in [3.8, 4) is 5.88 Å². The van der Waals surface area contributed by atoms with E-state index in [1.807, 2.05) is 10.8 Å². The van der Waals surface area contributed by atoms with Gasteiger partial charge in [-0.15, -0.1) is 0 Å². The van der Waals surface area contributed by atoms with Gasteiger partial charge in [0, 0.05) is 56.5 Å². The van der Waals surface area contributed by atoms with E-state index in [1.165, 1.54) is 0 Å². The number of ether oxygens (including phenoxy) is 2. The number of rotatable bonds is 8. The molecule has 3 rings (SSSR count). The summed E-state index contributed by atoms with van der Waals surface area (Å²) in [6.07, 6.45) is 9.91. The third-order valence-electron chi connectivity index (χ3n) is 4.24. The number of nitrogens with zero attached hydrogens (tertiary/aromatic N) is 3. The number of amides is 1. The molecule has 7 nitrogen and oxygen atoms in total. The number of aryl methyl sites for hydroxylation is 1. The predicted molar refractivity (Wildman–Crippen MR) is 92.5 cm³/mol. The molecule has 25 heavy (non-hydrogen) atoms. The van der Waals surface area contributed by atoms with Crippen molar-refractivity contribution < 1.29 is 14.3 Å². The second-order valence-electron chi connectivity index (χ2n) is 6.16. The summed E-state index contributed by atoms with van der Waals surface area (Å²) in [6, 6.07) is 3.40. The summed E-state index contributed by atoms with van der Waals surface area (Å²) in [5.41, 5.74) is 0.569. The number of hydrogen-bond acceptors (Lipinski definition) is 5. The van der Waals surface area contributed by atoms with Crippen molar-refractivity contribution in [3.05, 3.63) is 42.6 Å². The first-order chi connectivity index (χ1) is 12.3. The lowest BCUT2D eigenvalue weighted by Crippen LogP contribution is -2.25. The maximum absolute atomic E-state index is 12.2. The Kier molecular flexibility index (Phi) is 6.39. The molecule has 0 radical (unpaired) electrons. The highest BCUT2D eigenvalue weighted by Crippen LogP contribution is 2.17. The van der Waals surface area contributed by atoms with Crippen LogP contribution in [0.25, 0.3) is 0 Å². The number of carbonyl (C=O) groups excluding carboxylic acids is 1. The topological polar surface area (TPSA) is 78.3 Å². The van der Waals surface area contributed by atoms with E-state index in [9.17, 15) is 4.79 Å². The van der Waals surface area contributed by atoms with E-state index in [-0.39, 0.29) is 5.91 Å². The van der Waals surface area contributed by atoms with Gasteiger partial charge >= 0.3 is 0 Å². The van der Waals surface area contributed by atoms with E-state index in [0.29, 0.717) is 30.5 Å². The molecule has 2 aromatic heterocycles. The summed E-state index contributed by atoms with van der Waals surface area (Å²) >= 11 is 0. The van der Waals surface area contributed by atoms with Crippen LogP contribution >= 0.6 is 0 Å². The smallest absolute Gasteiger partial charge is 0.251 e. The second-order valence-corrected chi connectivity index (χ2v) is 6.16. The van der Waals surface area contributed by atoms with E-state index in [2.05, 4.69) is 15.3 Å². The van der Waals surface area contributed by atoms with E-state index in [0.717, 1.165) is 39.0 Å². The Labute approximate surface area is 147 Å². The minimum atomic E-state index is -0.107. The SMILES string of the molecule is O=C(NCCCn1ccnc1)c1ccnc(OCC2CCOCC2)c1. The first-order valence-corrected chi connectivity index (χ1v) is 8.72. The molecular formula is C18H24N4O3. The van der Waals surface area contributed by atoms with Gasteiger partial charge in [-0.25, -0.2) is 9.97 Å². The molecule has 1 aliphatic heterocycles. The van der Waals surface area contributed by atoms with Crippen LogP contribution in [0.2, 0.25) is 0 Å². The number of carbonyl (C=O) groups is 1. The van der Waals surface area contributed by atoms with Crippen LogP contribution in [0, 0.1) is 5.92 Å². The lowest BCUT2D eigenvalue weighted by atomic mass is 10.0. The molecule has 7 heteroatoms.